The number of aryl methyl sites for hydroxylation is 1. The molecule has 0 unspecified atom stereocenters. The molecule has 561 valence electrons. The first-order valence-electron chi connectivity index (χ1n) is 32.8. The molecule has 0 amide bonds. The van der Waals surface area contributed by atoms with Crippen molar-refractivity contribution in [2.24, 2.45) is 28.8 Å². The maximum absolute atomic E-state index is 14.2. The molecule has 4 bridgehead atoms. The van der Waals surface area contributed by atoms with Crippen LogP contribution in [0.2, 0.25) is 0 Å². The molecular weight excluding hydrogens is 1590 g/mol. The fourth-order valence-corrected chi connectivity index (χ4v) is 14.8. The quantitative estimate of drug-likeness (QED) is 0.0805. The summed E-state index contributed by atoms with van der Waals surface area (Å²) in [6, 6.07) is 4.16. The SMILES string of the molecule is CCCCc1cc(C[C@H]([C@@H](C)CC)N2[C]N(C34CC5CC(CC(C5)C3)C4)N=C2)nc(-c2ccccc2)n1.FC(F)(F)c1cc([B-](c2cc(C(F)(F)F)cc(C(F)(F)F)c2)(c2cc(C(F)(F)F)cc(C(F)(F)F)c2)c2cc(C(F)(F)F)cc(C(F)(F)F)c2)cc(C(F)(F)F)c1.[CH]1[CH]CC[CH][CH]CC1.[Ir]. The van der Waals surface area contributed by atoms with E-state index in [0.717, 1.165) is 66.2 Å². The van der Waals surface area contributed by atoms with Crippen LogP contribution in [0.5, 0.6) is 0 Å². The molecule has 5 nitrogen and oxygen atoms in total. The summed E-state index contributed by atoms with van der Waals surface area (Å²) in [4.78, 5) is 12.3. The van der Waals surface area contributed by atoms with Crippen LogP contribution in [0, 0.1) is 56.0 Å². The minimum atomic E-state index is -6.13. The molecule has 103 heavy (non-hydrogen) atoms. The third-order valence-corrected chi connectivity index (χ3v) is 19.5. The average Bonchev–Trinajstić information content (AvgIpc) is 0.914. The second-order valence-corrected chi connectivity index (χ2v) is 26.8. The van der Waals surface area contributed by atoms with Crippen LogP contribution in [0.1, 0.15) is 160 Å². The molecule has 7 radical (unpaired) electrons. The van der Waals surface area contributed by atoms with E-state index in [1.165, 1.54) is 70.6 Å². The van der Waals surface area contributed by atoms with E-state index in [-0.39, 0.29) is 31.7 Å². The van der Waals surface area contributed by atoms with Crippen molar-refractivity contribution >= 4 is 34.3 Å². The van der Waals surface area contributed by atoms with Crippen molar-refractivity contribution in [3.63, 3.8) is 0 Å². The maximum Gasteiger partial charge on any atom is 0.416 e. The molecule has 2 heterocycles. The van der Waals surface area contributed by atoms with Crippen LogP contribution in [-0.4, -0.2) is 43.9 Å². The summed E-state index contributed by atoms with van der Waals surface area (Å²) in [5.41, 5.74) is -26.6. The van der Waals surface area contributed by atoms with Crippen LogP contribution < -0.4 is 21.9 Å². The number of hydrogen-bond donors (Lipinski definition) is 0. The van der Waals surface area contributed by atoms with Crippen molar-refractivity contribution in [2.45, 2.75) is 178 Å². The average molecular weight is 1660 g/mol. The topological polar surface area (TPSA) is 44.6 Å². The number of aromatic nitrogens is 2. The van der Waals surface area contributed by atoms with Crippen molar-refractivity contribution in [1.29, 1.82) is 0 Å². The largest absolute Gasteiger partial charge is 0.416 e. The predicted molar refractivity (Wildman–Crippen MR) is 335 cm³/mol. The molecule has 5 aromatic carbocycles. The number of rotatable bonds is 14. The summed E-state index contributed by atoms with van der Waals surface area (Å²) in [7, 11) is 0. The summed E-state index contributed by atoms with van der Waals surface area (Å²) < 4.78 is 341. The number of benzene rings is 5. The van der Waals surface area contributed by atoms with Gasteiger partial charge in [0.05, 0.1) is 50.0 Å². The molecule has 6 aromatic rings. The van der Waals surface area contributed by atoms with Gasteiger partial charge in [-0.3, -0.25) is 5.01 Å². The maximum atomic E-state index is 14.2. The first-order valence-corrected chi connectivity index (χ1v) is 32.8. The van der Waals surface area contributed by atoms with Crippen molar-refractivity contribution in [3.8, 4) is 11.4 Å². The van der Waals surface area contributed by atoms with Gasteiger partial charge in [-0.25, -0.2) is 9.97 Å². The van der Waals surface area contributed by atoms with Crippen LogP contribution in [-0.2, 0) is 82.4 Å². The van der Waals surface area contributed by atoms with E-state index in [0.29, 0.717) is 5.92 Å². The van der Waals surface area contributed by atoms with Gasteiger partial charge in [0.15, 0.2) is 5.82 Å². The van der Waals surface area contributed by atoms with E-state index in [4.69, 9.17) is 15.1 Å². The summed E-state index contributed by atoms with van der Waals surface area (Å²) in [6.07, 6.45) is -25.2. The Bertz CT molecular complexity index is 3380. The Balaban J connectivity index is 0.000000247. The van der Waals surface area contributed by atoms with Gasteiger partial charge in [-0.15, -0.1) is 0 Å². The molecular formula is C72H67BF24IrN5-. The fourth-order valence-electron chi connectivity index (χ4n) is 14.8. The van der Waals surface area contributed by atoms with Crippen molar-refractivity contribution in [1.82, 2.24) is 19.9 Å². The second-order valence-electron chi connectivity index (χ2n) is 26.8. The molecule has 1 aliphatic heterocycles. The Kier molecular flexibility index (Phi) is 25.1. The van der Waals surface area contributed by atoms with Gasteiger partial charge in [0.1, 0.15) is 12.5 Å². The number of unbranched alkanes of at least 4 members (excludes halogenated alkanes) is 1. The number of nitrogens with zero attached hydrogens (tertiary/aromatic N) is 5. The first kappa shape index (κ1) is 82.1. The normalized spacial score (nSPS) is 20.5. The summed E-state index contributed by atoms with van der Waals surface area (Å²) >= 11 is 0. The van der Waals surface area contributed by atoms with Crippen LogP contribution >= 0.6 is 0 Å². The molecule has 1 aromatic heterocycles. The third-order valence-electron chi connectivity index (χ3n) is 19.5. The molecule has 12 rings (SSSR count). The van der Waals surface area contributed by atoms with Crippen LogP contribution in [0.4, 0.5) is 105 Å². The van der Waals surface area contributed by atoms with E-state index < -0.39 is 195 Å². The molecule has 5 fully saturated rings. The molecule has 6 aliphatic rings. The summed E-state index contributed by atoms with van der Waals surface area (Å²) in [5, 5.41) is 7.27. The fraction of sp³-hybridized carbons (Fsp3) is 0.444. The molecule has 5 aliphatic carbocycles. The number of halogens is 24. The standard InChI is InChI=1S/C32H12BF24.C32H43N5.C8H12.Ir/c34-25(35,36)13-1-14(26(37,38)39)6-21(5-13)33(22-7-15(27(40,41)42)2-16(8-22)28(43,44)45,23-9-17(29(46,47)48)3-18(10-23)30(49,50)51)24-11-19(31(52,53)54)4-20(12-24)32(55,56)57;1-4-6-12-28-16-29(35-31(34-28)27-10-8-7-9-11-27)17-30(23(3)5-2)36-21-33-37(22-36)32-18-24-13-25(19-32)15-26(14-24)20-32;1-2-4-6-8-7-5-3-1;/h1-12H;7-11,16,21,23-26,30H,4-6,12-15,17-20H2,1-3H3;1-2,7-8H,3-6H2;/q-1;;;/t;23-,24?,25?,26?,30+,32?;;/m.0../s1. The molecule has 0 saturated heterocycles. The zero-order valence-corrected chi connectivity index (χ0v) is 57.4. The third kappa shape index (κ3) is 19.8. The van der Waals surface area contributed by atoms with E-state index in [9.17, 15) is 105 Å². The molecule has 5 saturated carbocycles. The Hall–Kier alpha value is -6.52. The summed E-state index contributed by atoms with van der Waals surface area (Å²) in [6.45, 7) is 10.7. The number of hydrogen-bond acceptors (Lipinski definition) is 5. The Labute approximate surface area is 593 Å². The molecule has 31 heteroatoms. The Morgan fingerprint density at radius 3 is 1.08 bits per heavy atom. The van der Waals surface area contributed by atoms with Gasteiger partial charge in [0.25, 0.3) is 0 Å². The van der Waals surface area contributed by atoms with Gasteiger partial charge in [0.2, 0.25) is 6.67 Å². The van der Waals surface area contributed by atoms with Crippen LogP contribution in [0.15, 0.2) is 114 Å². The van der Waals surface area contributed by atoms with Gasteiger partial charge in [-0.05, 0) is 157 Å². The first-order chi connectivity index (χ1) is 47.3. The second kappa shape index (κ2) is 31.5. The minimum Gasteiger partial charge on any atom is -0.326 e. The van der Waals surface area contributed by atoms with E-state index in [1.54, 1.807) is 0 Å². The smallest absolute Gasteiger partial charge is 0.326 e. The van der Waals surface area contributed by atoms with E-state index >= 15 is 0 Å². The van der Waals surface area contributed by atoms with Crippen LogP contribution in [0.3, 0.4) is 0 Å². The van der Waals surface area contributed by atoms with Gasteiger partial charge < -0.3 is 4.90 Å². The van der Waals surface area contributed by atoms with Gasteiger partial charge in [-0.1, -0.05) is 112 Å². The zero-order valence-electron chi connectivity index (χ0n) is 55.0. The number of hydrazone groups is 1. The van der Waals surface area contributed by atoms with Crippen molar-refractivity contribution < 1.29 is 125 Å². The molecule has 0 spiro atoms. The van der Waals surface area contributed by atoms with Crippen LogP contribution in [0.25, 0.3) is 11.4 Å². The van der Waals surface area contributed by atoms with E-state index in [2.05, 4.69) is 106 Å². The van der Waals surface area contributed by atoms with Gasteiger partial charge >= 0.3 is 49.4 Å². The van der Waals surface area contributed by atoms with Crippen molar-refractivity contribution in [3.05, 3.63) is 197 Å². The number of alkyl halides is 24. The predicted octanol–water partition coefficient (Wildman–Crippen LogP) is 20.6. The molecule has 2 atom stereocenters. The Morgan fingerprint density at radius 2 is 0.777 bits per heavy atom. The molecule has 0 N–H and O–H groups in total. The van der Waals surface area contributed by atoms with Gasteiger partial charge in [-0.2, -0.15) is 132 Å². The van der Waals surface area contributed by atoms with Gasteiger partial charge in [0, 0.05) is 49.5 Å². The summed E-state index contributed by atoms with van der Waals surface area (Å²) in [5.74, 6) is 4.07. The van der Waals surface area contributed by atoms with Crippen molar-refractivity contribution in [2.75, 3.05) is 0 Å². The zero-order chi connectivity index (χ0) is 75.0. The van der Waals surface area contributed by atoms with E-state index in [1.807, 2.05) is 0 Å². The Morgan fingerprint density at radius 1 is 0.456 bits per heavy atom. The minimum absolute atomic E-state index is 0. The monoisotopic (exact) mass is 1660 g/mol.